The number of carbonyl (C=O) groups excluding carboxylic acids is 3. The van der Waals surface area contributed by atoms with E-state index in [0.29, 0.717) is 12.1 Å². The lowest BCUT2D eigenvalue weighted by atomic mass is 10.1. The Hall–Kier alpha value is -3.42. The summed E-state index contributed by atoms with van der Waals surface area (Å²) in [5, 5.41) is 7.94. The summed E-state index contributed by atoms with van der Waals surface area (Å²) in [5.74, 6) is -1.66. The zero-order chi connectivity index (χ0) is 22.3. The smallest absolute Gasteiger partial charge is 0.338 e. The van der Waals surface area contributed by atoms with Crippen molar-refractivity contribution in [2.45, 2.75) is 46.4 Å². The first-order valence-electron chi connectivity index (χ1n) is 9.57. The van der Waals surface area contributed by atoms with Crippen LogP contribution in [0.4, 0.5) is 14.9 Å². The van der Waals surface area contributed by atoms with Gasteiger partial charge in [-0.25, -0.2) is 14.0 Å². The van der Waals surface area contributed by atoms with Crippen LogP contribution in [0.25, 0.3) is 0 Å². The minimum atomic E-state index is -1.07. The van der Waals surface area contributed by atoms with Crippen LogP contribution in [-0.2, 0) is 16.1 Å². The molecule has 0 saturated heterocycles. The van der Waals surface area contributed by atoms with E-state index in [1.165, 1.54) is 13.0 Å². The fourth-order valence-corrected chi connectivity index (χ4v) is 2.45. The molecule has 0 aliphatic heterocycles. The second-order valence-corrected chi connectivity index (χ2v) is 7.18. The third kappa shape index (κ3) is 6.88. The topological polar surface area (TPSA) is 96.5 Å². The molecular formula is C22H26FN3O4. The van der Waals surface area contributed by atoms with Gasteiger partial charge in [-0.05, 0) is 63.1 Å². The Bertz CT molecular complexity index is 913. The molecule has 0 radical (unpaired) electrons. The molecule has 1 atom stereocenters. The lowest BCUT2D eigenvalue weighted by Crippen LogP contribution is -2.39. The van der Waals surface area contributed by atoms with E-state index in [9.17, 15) is 18.8 Å². The van der Waals surface area contributed by atoms with Gasteiger partial charge in [-0.15, -0.1) is 0 Å². The summed E-state index contributed by atoms with van der Waals surface area (Å²) < 4.78 is 18.8. The number of ether oxygens (including phenoxy) is 1. The molecule has 0 saturated carbocycles. The van der Waals surface area contributed by atoms with Gasteiger partial charge in [-0.1, -0.05) is 18.2 Å². The maximum Gasteiger partial charge on any atom is 0.338 e. The molecule has 3 amide bonds. The highest BCUT2D eigenvalue weighted by atomic mass is 19.1. The van der Waals surface area contributed by atoms with Crippen LogP contribution in [0.3, 0.4) is 0 Å². The van der Waals surface area contributed by atoms with Crippen molar-refractivity contribution < 1.29 is 23.5 Å². The first-order valence-corrected chi connectivity index (χ1v) is 9.57. The van der Waals surface area contributed by atoms with Crippen LogP contribution in [0.15, 0.2) is 42.5 Å². The minimum Gasteiger partial charge on any atom is -0.449 e. The van der Waals surface area contributed by atoms with Crippen molar-refractivity contribution in [3.8, 4) is 0 Å². The second-order valence-electron chi connectivity index (χ2n) is 7.18. The van der Waals surface area contributed by atoms with Gasteiger partial charge in [0.25, 0.3) is 5.91 Å². The summed E-state index contributed by atoms with van der Waals surface area (Å²) in [4.78, 5) is 36.1. The third-order valence-corrected chi connectivity index (χ3v) is 4.15. The first-order chi connectivity index (χ1) is 14.2. The third-order valence-electron chi connectivity index (χ3n) is 4.15. The minimum absolute atomic E-state index is 0.0337. The zero-order valence-corrected chi connectivity index (χ0v) is 17.4. The summed E-state index contributed by atoms with van der Waals surface area (Å²) >= 11 is 0. The van der Waals surface area contributed by atoms with Gasteiger partial charge in [0.1, 0.15) is 5.82 Å². The molecule has 8 heteroatoms. The molecule has 0 heterocycles. The molecule has 160 valence electrons. The quantitative estimate of drug-likeness (QED) is 0.603. The van der Waals surface area contributed by atoms with Crippen LogP contribution in [-0.4, -0.2) is 30.1 Å². The molecule has 0 aliphatic rings. The second kappa shape index (κ2) is 10.4. The highest BCUT2D eigenvalue weighted by Gasteiger charge is 2.19. The summed E-state index contributed by atoms with van der Waals surface area (Å²) in [6.45, 7) is 7.08. The van der Waals surface area contributed by atoms with Gasteiger partial charge in [-0.3, -0.25) is 4.79 Å². The SMILES string of the molecule is Cc1ccc(NC(=O)[C@H](C)OC(=O)c2ccc(CNC(=O)NC(C)C)cc2)cc1F. The Labute approximate surface area is 175 Å². The van der Waals surface area contributed by atoms with Crippen molar-refractivity contribution in [3.05, 3.63) is 65.0 Å². The van der Waals surface area contributed by atoms with E-state index < -0.39 is 23.8 Å². The Morgan fingerprint density at radius 3 is 2.30 bits per heavy atom. The Balaban J connectivity index is 1.87. The number of hydrogen-bond acceptors (Lipinski definition) is 4. The molecule has 2 aromatic rings. The first kappa shape index (κ1) is 22.9. The summed E-state index contributed by atoms with van der Waals surface area (Å²) in [5.41, 5.74) is 1.82. The fourth-order valence-electron chi connectivity index (χ4n) is 2.45. The van der Waals surface area contributed by atoms with Gasteiger partial charge in [0.15, 0.2) is 6.10 Å². The largest absolute Gasteiger partial charge is 0.449 e. The number of anilines is 1. The molecular weight excluding hydrogens is 389 g/mol. The Morgan fingerprint density at radius 2 is 1.70 bits per heavy atom. The molecule has 2 rings (SSSR count). The number of esters is 1. The van der Waals surface area contributed by atoms with Crippen molar-refractivity contribution in [1.82, 2.24) is 10.6 Å². The monoisotopic (exact) mass is 415 g/mol. The number of rotatable bonds is 7. The van der Waals surface area contributed by atoms with Gasteiger partial charge in [0.05, 0.1) is 5.56 Å². The summed E-state index contributed by atoms with van der Waals surface area (Å²) in [7, 11) is 0. The van der Waals surface area contributed by atoms with E-state index in [2.05, 4.69) is 16.0 Å². The van der Waals surface area contributed by atoms with Crippen LogP contribution in [0.5, 0.6) is 0 Å². The molecule has 0 bridgehead atoms. The van der Waals surface area contributed by atoms with Crippen molar-refractivity contribution in [3.63, 3.8) is 0 Å². The number of halogens is 1. The standard InChI is InChI=1S/C22H26FN3O4/c1-13(2)25-22(29)24-12-16-6-8-17(9-7-16)21(28)30-15(4)20(27)26-18-10-5-14(3)19(23)11-18/h5-11,13,15H,12H2,1-4H3,(H,26,27)(H2,24,25,29)/t15-/m0/s1. The molecule has 0 spiro atoms. The average molecular weight is 415 g/mol. The van der Waals surface area contributed by atoms with E-state index in [-0.39, 0.29) is 23.3 Å². The maximum atomic E-state index is 13.6. The van der Waals surface area contributed by atoms with Crippen LogP contribution in [0, 0.1) is 12.7 Å². The number of hydrogen-bond donors (Lipinski definition) is 3. The summed E-state index contributed by atoms with van der Waals surface area (Å²) in [6.07, 6.45) is -1.07. The lowest BCUT2D eigenvalue weighted by molar-refractivity contribution is -0.123. The number of amides is 3. The van der Waals surface area contributed by atoms with Gasteiger partial charge in [0, 0.05) is 18.3 Å². The van der Waals surface area contributed by atoms with Gasteiger partial charge < -0.3 is 20.7 Å². The van der Waals surface area contributed by atoms with Crippen molar-refractivity contribution in [1.29, 1.82) is 0 Å². The molecule has 30 heavy (non-hydrogen) atoms. The van der Waals surface area contributed by atoms with E-state index in [1.807, 2.05) is 13.8 Å². The number of aryl methyl sites for hydroxylation is 1. The number of carbonyl (C=O) groups is 3. The van der Waals surface area contributed by atoms with Crippen LogP contribution < -0.4 is 16.0 Å². The average Bonchev–Trinajstić information content (AvgIpc) is 2.69. The Morgan fingerprint density at radius 1 is 1.03 bits per heavy atom. The predicted octanol–water partition coefficient (Wildman–Crippen LogP) is 3.53. The van der Waals surface area contributed by atoms with Crippen molar-refractivity contribution in [2.24, 2.45) is 0 Å². The normalized spacial score (nSPS) is 11.5. The van der Waals surface area contributed by atoms with E-state index in [4.69, 9.17) is 4.74 Å². The van der Waals surface area contributed by atoms with Gasteiger partial charge >= 0.3 is 12.0 Å². The van der Waals surface area contributed by atoms with Gasteiger partial charge in [0.2, 0.25) is 0 Å². The fraction of sp³-hybridized carbons (Fsp3) is 0.318. The van der Waals surface area contributed by atoms with Gasteiger partial charge in [-0.2, -0.15) is 0 Å². The molecule has 0 unspecified atom stereocenters. The highest BCUT2D eigenvalue weighted by Crippen LogP contribution is 2.14. The lowest BCUT2D eigenvalue weighted by Gasteiger charge is -2.14. The van der Waals surface area contributed by atoms with Crippen molar-refractivity contribution in [2.75, 3.05) is 5.32 Å². The van der Waals surface area contributed by atoms with Crippen LogP contribution in [0.1, 0.15) is 42.3 Å². The van der Waals surface area contributed by atoms with E-state index in [0.717, 1.165) is 5.56 Å². The molecule has 7 nitrogen and oxygen atoms in total. The van der Waals surface area contributed by atoms with E-state index >= 15 is 0 Å². The molecule has 3 N–H and O–H groups in total. The zero-order valence-electron chi connectivity index (χ0n) is 17.4. The molecule has 0 aliphatic carbocycles. The molecule has 0 aromatic heterocycles. The number of urea groups is 1. The van der Waals surface area contributed by atoms with E-state index in [1.54, 1.807) is 43.3 Å². The van der Waals surface area contributed by atoms with Crippen LogP contribution in [0.2, 0.25) is 0 Å². The highest BCUT2D eigenvalue weighted by molar-refractivity contribution is 5.97. The number of nitrogens with one attached hydrogen (secondary N) is 3. The predicted molar refractivity (Wildman–Crippen MR) is 112 cm³/mol. The summed E-state index contributed by atoms with van der Waals surface area (Å²) in [6, 6.07) is 10.6. The Kier molecular flexibility index (Phi) is 7.91. The number of benzene rings is 2. The molecule has 2 aromatic carbocycles. The van der Waals surface area contributed by atoms with Crippen LogP contribution >= 0.6 is 0 Å². The maximum absolute atomic E-state index is 13.6. The molecule has 0 fully saturated rings. The van der Waals surface area contributed by atoms with Crippen molar-refractivity contribution >= 4 is 23.6 Å².